The number of piperidine rings is 1. The van der Waals surface area contributed by atoms with Crippen LogP contribution in [0.3, 0.4) is 0 Å². The van der Waals surface area contributed by atoms with Gasteiger partial charge in [-0.25, -0.2) is 8.78 Å². The van der Waals surface area contributed by atoms with Crippen molar-refractivity contribution < 1.29 is 18.4 Å². The topological polar surface area (TPSA) is 52.7 Å². The first kappa shape index (κ1) is 17.4. The van der Waals surface area contributed by atoms with Gasteiger partial charge >= 0.3 is 0 Å². The van der Waals surface area contributed by atoms with E-state index in [1.165, 1.54) is 6.07 Å². The normalized spacial score (nSPS) is 29.0. The van der Waals surface area contributed by atoms with Gasteiger partial charge in [-0.2, -0.15) is 0 Å². The Labute approximate surface area is 151 Å². The molecule has 1 aromatic rings. The van der Waals surface area contributed by atoms with Gasteiger partial charge in [0.2, 0.25) is 11.8 Å². The maximum atomic E-state index is 13.9. The lowest BCUT2D eigenvalue weighted by atomic mass is 10.0. The second-order valence-corrected chi connectivity index (χ2v) is 7.46. The number of carbonyl (C=O) groups excluding carboxylic acids is 2. The second-order valence-electron chi connectivity index (χ2n) is 7.46. The number of benzene rings is 1. The van der Waals surface area contributed by atoms with Crippen molar-refractivity contribution in [3.63, 3.8) is 0 Å². The number of hydrogen-bond acceptors (Lipinski definition) is 3. The van der Waals surface area contributed by atoms with Crippen molar-refractivity contribution in [3.8, 4) is 0 Å². The number of halogens is 2. The van der Waals surface area contributed by atoms with Gasteiger partial charge in [-0.05, 0) is 48.9 Å². The van der Waals surface area contributed by atoms with Gasteiger partial charge in [-0.1, -0.05) is 0 Å². The van der Waals surface area contributed by atoms with Crippen LogP contribution in [0, 0.1) is 17.6 Å². The minimum atomic E-state index is -0.477. The number of hydrogen-bond donors (Lipinski definition) is 1. The molecule has 2 amide bonds. The molecule has 3 fully saturated rings. The Morgan fingerprint density at radius 1 is 1.23 bits per heavy atom. The molecule has 3 atom stereocenters. The molecule has 0 spiro atoms. The predicted octanol–water partition coefficient (Wildman–Crippen LogP) is 1.49. The summed E-state index contributed by atoms with van der Waals surface area (Å²) in [4.78, 5) is 28.6. The van der Waals surface area contributed by atoms with Gasteiger partial charge in [0.05, 0.1) is 6.54 Å². The van der Waals surface area contributed by atoms with E-state index >= 15 is 0 Å². The van der Waals surface area contributed by atoms with Crippen LogP contribution in [0.2, 0.25) is 0 Å². The van der Waals surface area contributed by atoms with Crippen LogP contribution in [0.4, 0.5) is 8.78 Å². The molecule has 2 heterocycles. The van der Waals surface area contributed by atoms with E-state index in [4.69, 9.17) is 0 Å². The molecular formula is C19H23F2N3O2. The molecule has 1 aromatic carbocycles. The molecule has 140 valence electrons. The van der Waals surface area contributed by atoms with Gasteiger partial charge in [-0.3, -0.25) is 9.59 Å². The van der Waals surface area contributed by atoms with Crippen LogP contribution >= 0.6 is 0 Å². The zero-order chi connectivity index (χ0) is 18.3. The van der Waals surface area contributed by atoms with Crippen LogP contribution in [0.1, 0.15) is 30.7 Å². The van der Waals surface area contributed by atoms with E-state index in [-0.39, 0.29) is 29.7 Å². The zero-order valence-corrected chi connectivity index (χ0v) is 14.6. The molecule has 1 aliphatic carbocycles. The van der Waals surface area contributed by atoms with Crippen molar-refractivity contribution in [2.45, 2.75) is 31.2 Å². The molecule has 3 unspecified atom stereocenters. The Morgan fingerprint density at radius 2 is 2.08 bits per heavy atom. The minimum absolute atomic E-state index is 0.00550. The van der Waals surface area contributed by atoms with Gasteiger partial charge in [-0.15, -0.1) is 0 Å². The lowest BCUT2D eigenvalue weighted by Crippen LogP contribution is -2.57. The quantitative estimate of drug-likeness (QED) is 0.885. The van der Waals surface area contributed by atoms with E-state index in [0.29, 0.717) is 38.2 Å². The smallest absolute Gasteiger partial charge is 0.236 e. The Kier molecular flexibility index (Phi) is 4.65. The molecule has 7 heteroatoms. The van der Waals surface area contributed by atoms with Gasteiger partial charge in [0.15, 0.2) is 0 Å². The number of likely N-dealkylation sites (tertiary alicyclic amines) is 1. The maximum absolute atomic E-state index is 13.9. The standard InChI is InChI=1S/C19H23F2N3O2/c20-12-3-4-17(21)15(8-12)14-9-16(14)19(26)23-6-1-2-13(11-23)24-7-5-22-10-18(24)25/h3-4,8,13-14,16,22H,1-2,5-7,9-11H2. The van der Waals surface area contributed by atoms with E-state index in [1.807, 2.05) is 9.80 Å². The molecule has 1 saturated carbocycles. The third-order valence-corrected chi connectivity index (χ3v) is 5.74. The molecule has 5 nitrogen and oxygen atoms in total. The largest absolute Gasteiger partial charge is 0.340 e. The number of carbonyl (C=O) groups is 2. The van der Waals surface area contributed by atoms with E-state index in [0.717, 1.165) is 31.5 Å². The fourth-order valence-electron chi connectivity index (χ4n) is 4.26. The Bertz CT molecular complexity index is 727. The Hall–Kier alpha value is -2.02. The summed E-state index contributed by atoms with van der Waals surface area (Å²) in [5, 5.41) is 3.06. The van der Waals surface area contributed by atoms with Gasteiger partial charge in [0, 0.05) is 38.1 Å². The molecule has 0 radical (unpaired) electrons. The fourth-order valence-corrected chi connectivity index (χ4v) is 4.26. The van der Waals surface area contributed by atoms with E-state index in [9.17, 15) is 18.4 Å². The zero-order valence-electron chi connectivity index (χ0n) is 14.6. The maximum Gasteiger partial charge on any atom is 0.236 e. The molecule has 26 heavy (non-hydrogen) atoms. The SMILES string of the molecule is O=C(C1CC1c1cc(F)ccc1F)N1CCCC(N2CCNCC2=O)C1. The first-order chi connectivity index (χ1) is 12.5. The number of nitrogens with one attached hydrogen (secondary N) is 1. The number of amides is 2. The van der Waals surface area contributed by atoms with Crippen LogP contribution < -0.4 is 5.32 Å². The first-order valence-electron chi connectivity index (χ1n) is 9.28. The summed E-state index contributed by atoms with van der Waals surface area (Å²) < 4.78 is 27.4. The van der Waals surface area contributed by atoms with Crippen LogP contribution in [0.15, 0.2) is 18.2 Å². The van der Waals surface area contributed by atoms with Crippen molar-refractivity contribution in [2.24, 2.45) is 5.92 Å². The molecular weight excluding hydrogens is 340 g/mol. The van der Waals surface area contributed by atoms with Gasteiger partial charge < -0.3 is 15.1 Å². The van der Waals surface area contributed by atoms with Crippen molar-refractivity contribution in [1.82, 2.24) is 15.1 Å². The van der Waals surface area contributed by atoms with E-state index < -0.39 is 11.6 Å². The average Bonchev–Trinajstić information content (AvgIpc) is 3.44. The highest BCUT2D eigenvalue weighted by atomic mass is 19.1. The highest BCUT2D eigenvalue weighted by Gasteiger charge is 2.48. The van der Waals surface area contributed by atoms with Gasteiger partial charge in [0.25, 0.3) is 0 Å². The number of rotatable bonds is 3. The van der Waals surface area contributed by atoms with Crippen molar-refractivity contribution in [2.75, 3.05) is 32.7 Å². The summed E-state index contributed by atoms with van der Waals surface area (Å²) in [5.41, 5.74) is 0.300. The van der Waals surface area contributed by atoms with Crippen molar-refractivity contribution in [1.29, 1.82) is 0 Å². The average molecular weight is 363 g/mol. The Morgan fingerprint density at radius 3 is 2.88 bits per heavy atom. The lowest BCUT2D eigenvalue weighted by Gasteiger charge is -2.41. The predicted molar refractivity (Wildman–Crippen MR) is 91.4 cm³/mol. The molecule has 0 aromatic heterocycles. The van der Waals surface area contributed by atoms with Crippen LogP contribution in [0.25, 0.3) is 0 Å². The summed E-state index contributed by atoms with van der Waals surface area (Å²) in [6.07, 6.45) is 2.33. The van der Waals surface area contributed by atoms with Crippen LogP contribution in [-0.4, -0.2) is 60.4 Å². The van der Waals surface area contributed by atoms with Crippen molar-refractivity contribution >= 4 is 11.8 Å². The van der Waals surface area contributed by atoms with Gasteiger partial charge in [0.1, 0.15) is 11.6 Å². The molecule has 2 aliphatic heterocycles. The summed E-state index contributed by atoms with van der Waals surface area (Å²) >= 11 is 0. The summed E-state index contributed by atoms with van der Waals surface area (Å²) in [7, 11) is 0. The fraction of sp³-hybridized carbons (Fsp3) is 0.579. The van der Waals surface area contributed by atoms with E-state index in [2.05, 4.69) is 5.32 Å². The highest BCUT2D eigenvalue weighted by molar-refractivity contribution is 5.83. The molecule has 4 rings (SSSR count). The highest BCUT2D eigenvalue weighted by Crippen LogP contribution is 2.49. The van der Waals surface area contributed by atoms with Crippen LogP contribution in [-0.2, 0) is 9.59 Å². The second kappa shape index (κ2) is 6.95. The third-order valence-electron chi connectivity index (χ3n) is 5.74. The Balaban J connectivity index is 1.41. The number of nitrogens with zero attached hydrogens (tertiary/aromatic N) is 2. The third kappa shape index (κ3) is 3.32. The monoisotopic (exact) mass is 363 g/mol. The molecule has 0 bridgehead atoms. The molecule has 1 N–H and O–H groups in total. The van der Waals surface area contributed by atoms with Crippen molar-refractivity contribution in [3.05, 3.63) is 35.4 Å². The van der Waals surface area contributed by atoms with E-state index in [1.54, 1.807) is 0 Å². The molecule has 3 aliphatic rings. The minimum Gasteiger partial charge on any atom is -0.340 e. The summed E-state index contributed by atoms with van der Waals surface area (Å²) in [6, 6.07) is 3.48. The summed E-state index contributed by atoms with van der Waals surface area (Å²) in [5.74, 6) is -1.35. The van der Waals surface area contributed by atoms with Crippen LogP contribution in [0.5, 0.6) is 0 Å². The summed E-state index contributed by atoms with van der Waals surface area (Å²) in [6.45, 7) is 3.02. The lowest BCUT2D eigenvalue weighted by molar-refractivity contribution is -0.141. The number of piperazine rings is 1. The molecule has 2 saturated heterocycles. The first-order valence-corrected chi connectivity index (χ1v) is 9.28.